The molecule has 0 atom stereocenters. The largest absolute Gasteiger partial charge is 0.417 e. The van der Waals surface area contributed by atoms with Crippen LogP contribution in [0.5, 0.6) is 0 Å². The minimum Gasteiger partial charge on any atom is -0.337 e. The lowest BCUT2D eigenvalue weighted by molar-refractivity contribution is -0.138. The van der Waals surface area contributed by atoms with E-state index in [0.717, 1.165) is 6.07 Å². The highest BCUT2D eigenvalue weighted by Gasteiger charge is 2.36. The zero-order valence-corrected chi connectivity index (χ0v) is 15.6. The van der Waals surface area contributed by atoms with Crippen LogP contribution in [0.15, 0.2) is 48.5 Å². The molecule has 0 spiro atoms. The van der Waals surface area contributed by atoms with Crippen molar-refractivity contribution in [3.05, 3.63) is 70.2 Å². The molecule has 1 aliphatic rings. The maximum Gasteiger partial charge on any atom is 0.417 e. The highest BCUT2D eigenvalue weighted by molar-refractivity contribution is 6.30. The minimum absolute atomic E-state index is 0.171. The van der Waals surface area contributed by atoms with Gasteiger partial charge in [-0.15, -0.1) is 0 Å². The summed E-state index contributed by atoms with van der Waals surface area (Å²) in [4.78, 5) is 28.3. The third-order valence-electron chi connectivity index (χ3n) is 4.62. The molecule has 1 heterocycles. The molecule has 0 aliphatic carbocycles. The highest BCUT2D eigenvalue weighted by atomic mass is 35.5. The smallest absolute Gasteiger partial charge is 0.337 e. The van der Waals surface area contributed by atoms with E-state index in [9.17, 15) is 22.8 Å². The van der Waals surface area contributed by atoms with E-state index in [-0.39, 0.29) is 31.1 Å². The lowest BCUT2D eigenvalue weighted by Crippen LogP contribution is -2.38. The molecule has 0 bridgehead atoms. The van der Waals surface area contributed by atoms with E-state index < -0.39 is 17.6 Å². The molecule has 0 unspecified atom stereocenters. The van der Waals surface area contributed by atoms with E-state index in [1.807, 2.05) is 0 Å². The van der Waals surface area contributed by atoms with Crippen LogP contribution < -0.4 is 0 Å². The van der Waals surface area contributed by atoms with Crippen LogP contribution in [0.25, 0.3) is 0 Å². The van der Waals surface area contributed by atoms with E-state index in [1.54, 1.807) is 29.2 Å². The van der Waals surface area contributed by atoms with Gasteiger partial charge in [-0.1, -0.05) is 23.7 Å². The predicted octanol–water partition coefficient (Wildman–Crippen LogP) is 4.35. The second-order valence-electron chi connectivity index (χ2n) is 6.49. The zero-order valence-electron chi connectivity index (χ0n) is 14.9. The van der Waals surface area contributed by atoms with Crippen LogP contribution in [-0.2, 0) is 6.18 Å². The van der Waals surface area contributed by atoms with Crippen LogP contribution in [0.1, 0.15) is 32.7 Å². The maximum absolute atomic E-state index is 13.2. The first-order chi connectivity index (χ1) is 13.3. The third kappa shape index (κ3) is 4.47. The van der Waals surface area contributed by atoms with Gasteiger partial charge in [0.1, 0.15) is 0 Å². The van der Waals surface area contributed by atoms with Crippen molar-refractivity contribution in [1.82, 2.24) is 9.80 Å². The monoisotopic (exact) mass is 410 g/mol. The minimum atomic E-state index is -4.60. The van der Waals surface area contributed by atoms with Crippen molar-refractivity contribution in [2.45, 2.75) is 12.6 Å². The van der Waals surface area contributed by atoms with Gasteiger partial charge in [0.2, 0.25) is 0 Å². The maximum atomic E-state index is 13.2. The van der Waals surface area contributed by atoms with E-state index in [4.69, 9.17) is 11.6 Å². The van der Waals surface area contributed by atoms with Gasteiger partial charge in [-0.05, 0) is 42.8 Å². The Labute approximate surface area is 165 Å². The standard InChI is InChI=1S/C20H18ClF3N2O2/c21-15-8-6-14(7-9-15)18(27)25-10-3-11-26(13-12-25)19(28)16-4-1-2-5-17(16)20(22,23)24/h1-2,4-9H,3,10-13H2. The van der Waals surface area contributed by atoms with Crippen LogP contribution in [0.3, 0.4) is 0 Å². The molecule has 1 fully saturated rings. The Morgan fingerprint density at radius 2 is 1.39 bits per heavy atom. The number of hydrogen-bond acceptors (Lipinski definition) is 2. The van der Waals surface area contributed by atoms with Gasteiger partial charge in [0.15, 0.2) is 0 Å². The summed E-state index contributed by atoms with van der Waals surface area (Å²) in [5, 5.41) is 0.521. The summed E-state index contributed by atoms with van der Waals surface area (Å²) in [5.74, 6) is -0.865. The molecule has 0 saturated carbocycles. The summed E-state index contributed by atoms with van der Waals surface area (Å²) in [6, 6.07) is 11.3. The number of carbonyl (C=O) groups is 2. The van der Waals surface area contributed by atoms with Crippen molar-refractivity contribution in [3.8, 4) is 0 Å². The Kier molecular flexibility index (Phi) is 5.93. The Morgan fingerprint density at radius 3 is 2.00 bits per heavy atom. The SMILES string of the molecule is O=C(c1ccc(Cl)cc1)N1CCCN(C(=O)c2ccccc2C(F)(F)F)CC1. The molecule has 8 heteroatoms. The number of halogens is 4. The second kappa shape index (κ2) is 8.22. The molecule has 0 aromatic heterocycles. The average Bonchev–Trinajstić information content (AvgIpc) is 2.93. The number of carbonyl (C=O) groups excluding carboxylic acids is 2. The lowest BCUT2D eigenvalue weighted by atomic mass is 10.1. The van der Waals surface area contributed by atoms with Gasteiger partial charge < -0.3 is 9.80 Å². The van der Waals surface area contributed by atoms with Crippen molar-refractivity contribution >= 4 is 23.4 Å². The zero-order chi connectivity index (χ0) is 20.3. The Morgan fingerprint density at radius 1 is 0.821 bits per heavy atom. The quantitative estimate of drug-likeness (QED) is 0.738. The van der Waals surface area contributed by atoms with E-state index in [1.165, 1.54) is 23.1 Å². The summed E-state index contributed by atoms with van der Waals surface area (Å²) >= 11 is 5.84. The highest BCUT2D eigenvalue weighted by Crippen LogP contribution is 2.32. The van der Waals surface area contributed by atoms with E-state index in [0.29, 0.717) is 23.6 Å². The molecule has 2 amide bonds. The van der Waals surface area contributed by atoms with Crippen LogP contribution in [0, 0.1) is 0 Å². The molecular formula is C20H18ClF3N2O2. The van der Waals surface area contributed by atoms with Gasteiger partial charge in [-0.2, -0.15) is 13.2 Å². The van der Waals surface area contributed by atoms with Crippen molar-refractivity contribution in [2.75, 3.05) is 26.2 Å². The van der Waals surface area contributed by atoms with Gasteiger partial charge in [0, 0.05) is 36.8 Å². The Hall–Kier alpha value is -2.54. The Bertz CT molecular complexity index is 868. The van der Waals surface area contributed by atoms with Gasteiger partial charge in [0.25, 0.3) is 11.8 Å². The molecule has 1 aliphatic heterocycles. The van der Waals surface area contributed by atoms with Crippen LogP contribution in [0.2, 0.25) is 5.02 Å². The lowest BCUT2D eigenvalue weighted by Gasteiger charge is -2.23. The van der Waals surface area contributed by atoms with Gasteiger partial charge in [-0.3, -0.25) is 9.59 Å². The van der Waals surface area contributed by atoms with Crippen molar-refractivity contribution in [2.24, 2.45) is 0 Å². The van der Waals surface area contributed by atoms with Crippen molar-refractivity contribution in [3.63, 3.8) is 0 Å². The average molecular weight is 411 g/mol. The molecule has 2 aromatic rings. The van der Waals surface area contributed by atoms with Crippen molar-refractivity contribution in [1.29, 1.82) is 0 Å². The molecule has 0 radical (unpaired) electrons. The molecule has 28 heavy (non-hydrogen) atoms. The molecule has 0 N–H and O–H groups in total. The fourth-order valence-corrected chi connectivity index (χ4v) is 3.31. The molecular weight excluding hydrogens is 393 g/mol. The topological polar surface area (TPSA) is 40.6 Å². The first-order valence-electron chi connectivity index (χ1n) is 8.78. The third-order valence-corrected chi connectivity index (χ3v) is 4.88. The van der Waals surface area contributed by atoms with E-state index >= 15 is 0 Å². The first kappa shape index (κ1) is 20.2. The summed E-state index contributed by atoms with van der Waals surface area (Å²) in [5.41, 5.74) is -0.836. The number of hydrogen-bond donors (Lipinski definition) is 0. The normalized spacial score (nSPS) is 15.3. The summed E-state index contributed by atoms with van der Waals surface area (Å²) in [6.45, 7) is 1.13. The first-order valence-corrected chi connectivity index (χ1v) is 9.15. The number of amides is 2. The number of benzene rings is 2. The molecule has 2 aromatic carbocycles. The number of rotatable bonds is 2. The second-order valence-corrected chi connectivity index (χ2v) is 6.92. The predicted molar refractivity (Wildman–Crippen MR) is 99.3 cm³/mol. The summed E-state index contributed by atoms with van der Waals surface area (Å²) < 4.78 is 39.6. The summed E-state index contributed by atoms with van der Waals surface area (Å²) in [7, 11) is 0. The van der Waals surface area contributed by atoms with Crippen molar-refractivity contribution < 1.29 is 22.8 Å². The van der Waals surface area contributed by atoms with Crippen LogP contribution >= 0.6 is 11.6 Å². The van der Waals surface area contributed by atoms with E-state index in [2.05, 4.69) is 0 Å². The number of nitrogens with zero attached hydrogens (tertiary/aromatic N) is 2. The molecule has 148 valence electrons. The Balaban J connectivity index is 1.73. The van der Waals surface area contributed by atoms with Crippen LogP contribution in [-0.4, -0.2) is 47.8 Å². The van der Waals surface area contributed by atoms with Gasteiger partial charge in [-0.25, -0.2) is 0 Å². The fraction of sp³-hybridized carbons (Fsp3) is 0.300. The van der Waals surface area contributed by atoms with Crippen LogP contribution in [0.4, 0.5) is 13.2 Å². The molecule has 4 nitrogen and oxygen atoms in total. The van der Waals surface area contributed by atoms with Gasteiger partial charge in [0.05, 0.1) is 11.1 Å². The molecule has 1 saturated heterocycles. The summed E-state index contributed by atoms with van der Waals surface area (Å²) in [6.07, 6.45) is -4.12. The van der Waals surface area contributed by atoms with Gasteiger partial charge >= 0.3 is 6.18 Å². The fourth-order valence-electron chi connectivity index (χ4n) is 3.19. The molecule has 3 rings (SSSR count). The number of alkyl halides is 3.